The number of aliphatic hydroxyl groups excluding tert-OH is 2. The second kappa shape index (κ2) is 21.7. The van der Waals surface area contributed by atoms with Gasteiger partial charge in [-0.1, -0.05) is 0 Å². The van der Waals surface area contributed by atoms with E-state index in [9.17, 15) is 117 Å². The number of carboxylic acid groups (broad SMARTS) is 1. The predicted octanol–water partition coefficient (Wildman–Crippen LogP) is 3.05. The zero-order chi connectivity index (χ0) is 70.8. The summed E-state index contributed by atoms with van der Waals surface area (Å²) >= 11 is 0. The molecule has 21 N–H and O–H groups in total. The number of carbonyl (C=O) groups excluding carboxylic acids is 6. The van der Waals surface area contributed by atoms with Crippen LogP contribution in [0.2, 0.25) is 0 Å². The molecule has 1 fully saturated rings. The number of Topliss-reactive ketones (excluding diaryl/α,β-unsaturated/α-hetero) is 1. The summed E-state index contributed by atoms with van der Waals surface area (Å²) in [5.41, 5.74) is -15.4. The molecule has 1 saturated heterocycles. The number of carbonyl (C=O) groups is 7. The van der Waals surface area contributed by atoms with Crippen LogP contribution >= 0.6 is 0 Å². The van der Waals surface area contributed by atoms with Crippen molar-refractivity contribution in [2.24, 2.45) is 5.92 Å². The highest BCUT2D eigenvalue weighted by molar-refractivity contribution is 6.21. The van der Waals surface area contributed by atoms with E-state index in [4.69, 9.17) is 37.9 Å². The lowest BCUT2D eigenvalue weighted by molar-refractivity contribution is -0.200. The molecule has 1 aliphatic carbocycles. The third kappa shape index (κ3) is 8.97. The summed E-state index contributed by atoms with van der Waals surface area (Å²) in [6.45, 7) is -1.77. The lowest BCUT2D eigenvalue weighted by Gasteiger charge is -2.47. The lowest BCUT2D eigenvalue weighted by Crippen LogP contribution is -2.65. The molecule has 5 aliphatic heterocycles. The third-order valence-corrected chi connectivity index (χ3v) is 17.2. The number of cyclic esters (lactones) is 3. The fourth-order valence-corrected chi connectivity index (χ4v) is 12.8. The number of aromatic carboxylic acids is 1. The van der Waals surface area contributed by atoms with Crippen molar-refractivity contribution in [3.63, 3.8) is 0 Å². The molecule has 13 rings (SSSR count). The third-order valence-electron chi connectivity index (χ3n) is 17.2. The van der Waals surface area contributed by atoms with Gasteiger partial charge < -0.3 is 145 Å². The highest BCUT2D eigenvalue weighted by atomic mass is 16.6. The Kier molecular flexibility index (Phi) is 14.0. The Bertz CT molecular complexity index is 4850. The molecule has 0 saturated carbocycles. The van der Waals surface area contributed by atoms with Crippen LogP contribution in [0.4, 0.5) is 0 Å². The lowest BCUT2D eigenvalue weighted by atomic mass is 9.66. The Labute approximate surface area is 539 Å². The molecule has 9 unspecified atom stereocenters. The number of hydrogen-bond donors (Lipinski definition) is 21. The number of ketones is 1. The van der Waals surface area contributed by atoms with E-state index in [1.807, 2.05) is 0 Å². The number of fused-ring (bicyclic) bond motifs is 9. The van der Waals surface area contributed by atoms with Crippen molar-refractivity contribution in [2.75, 3.05) is 6.61 Å². The molecule has 506 valence electrons. The summed E-state index contributed by atoms with van der Waals surface area (Å²) in [5, 5.41) is 231. The summed E-state index contributed by atoms with van der Waals surface area (Å²) in [6, 6.07) is 4.61. The highest BCUT2D eigenvalue weighted by Crippen LogP contribution is 2.67. The van der Waals surface area contributed by atoms with Crippen LogP contribution in [-0.2, 0) is 39.7 Å². The number of esters is 5. The average Bonchev–Trinajstić information content (AvgIpc) is 1.49. The van der Waals surface area contributed by atoms with Gasteiger partial charge in [-0.2, -0.15) is 0 Å². The van der Waals surface area contributed by atoms with Crippen molar-refractivity contribution in [1.29, 1.82) is 0 Å². The van der Waals surface area contributed by atoms with Gasteiger partial charge in [0.1, 0.15) is 40.9 Å². The van der Waals surface area contributed by atoms with E-state index in [1.165, 1.54) is 0 Å². The molecule has 0 amide bonds. The Morgan fingerprint density at radius 1 is 0.510 bits per heavy atom. The molecule has 0 radical (unpaired) electrons. The molecule has 98 heavy (non-hydrogen) atoms. The van der Waals surface area contributed by atoms with Crippen molar-refractivity contribution < 1.29 is 179 Å². The van der Waals surface area contributed by atoms with E-state index in [-0.39, 0.29) is 5.56 Å². The number of aromatic hydroxyl groups is 18. The van der Waals surface area contributed by atoms with Gasteiger partial charge in [0.2, 0.25) is 40.1 Å². The van der Waals surface area contributed by atoms with Crippen LogP contribution in [-0.4, -0.2) is 192 Å². The van der Waals surface area contributed by atoms with Crippen molar-refractivity contribution >= 4 is 47.2 Å². The normalized spacial score (nSPS) is 22.7. The van der Waals surface area contributed by atoms with Crippen LogP contribution < -0.4 is 14.2 Å². The molecule has 36 nitrogen and oxygen atoms in total. The van der Waals surface area contributed by atoms with Gasteiger partial charge in [-0.15, -0.1) is 0 Å². The van der Waals surface area contributed by atoms with Crippen molar-refractivity contribution in [1.82, 2.24) is 0 Å². The minimum atomic E-state index is -3.21. The van der Waals surface area contributed by atoms with E-state index in [1.54, 1.807) is 0 Å². The van der Waals surface area contributed by atoms with Gasteiger partial charge in [0.25, 0.3) is 0 Å². The van der Waals surface area contributed by atoms with Crippen molar-refractivity contribution in [2.45, 2.75) is 54.6 Å². The van der Waals surface area contributed by atoms with Crippen molar-refractivity contribution in [3.8, 4) is 138 Å². The number of phenols is 18. The van der Waals surface area contributed by atoms with Gasteiger partial charge in [-0.05, 0) is 36.4 Å². The number of aliphatic hydroxyl groups is 2. The average molecular weight is 1360 g/mol. The van der Waals surface area contributed by atoms with Crippen LogP contribution in [0.5, 0.6) is 126 Å². The van der Waals surface area contributed by atoms with Gasteiger partial charge in [-0.25, -0.2) is 24.0 Å². The SMILES string of the molecule is O=C(OC1COC(=O)c2cc(Oc3c(C(=O)O)cc(O)c(O)c3O)c(O)c(O)c2-c2cc(c(O)c(O)c2O)C(=O)OC1C1OC(=O)c2cc(O)c(O)c(O)c2C2=C(O)C(=O)C34Oc5cc(O)c6c(c5C3C1OC(=O)C24)OC(c1cc(O)c(O)c(O)c1)C(O)C6)c1cc(O)c(O)c(O)c1. The standard InChI is InChI=1S/C62H42O36/c63-20-10-28-33(50-14(20)6-27(70)49(94-50)12-1-21(64)39(73)22(65)2-12)35-53-54(97-59(88)16-7-25(68)41(75)45(79)32(16)34-36(61(90)96-53)62(35,98-28)55(83)46(34)80)52-30(93-57(86)13-3-23(66)40(74)24(67)4-13)11-91-58(87)17-9-29(92-51-19(56(84)85)8-26(69)42(76)48(51)82)43(77)44(78)31(17)15-5-18(60(89)95-52)38(72)47(81)37(15)71/h1-5,7-10,27,30,35-36,49,52-54,63-82H,6,11H2,(H,84,85). The topological polar surface area (TPSA) is 618 Å². The fraction of sp³-hybridized carbons (Fsp3) is 0.177. The molecule has 9 atom stereocenters. The van der Waals surface area contributed by atoms with Crippen LogP contribution in [0.1, 0.15) is 86.1 Å². The van der Waals surface area contributed by atoms with E-state index in [0.29, 0.717) is 36.4 Å². The largest absolute Gasteiger partial charge is 0.507 e. The first kappa shape index (κ1) is 63.1. The molecule has 7 aromatic carbocycles. The summed E-state index contributed by atoms with van der Waals surface area (Å²) in [7, 11) is 0. The number of ether oxygens (including phenoxy) is 8. The molecule has 6 aliphatic rings. The molecule has 6 bridgehead atoms. The van der Waals surface area contributed by atoms with Crippen molar-refractivity contribution in [3.05, 3.63) is 110 Å². The Morgan fingerprint density at radius 3 is 1.73 bits per heavy atom. The highest BCUT2D eigenvalue weighted by Gasteiger charge is 2.76. The maximum absolute atomic E-state index is 15.6. The number of phenolic OH excluding ortho intramolecular Hbond substituents is 18. The minimum Gasteiger partial charge on any atom is -0.507 e. The second-order valence-electron chi connectivity index (χ2n) is 22.7. The van der Waals surface area contributed by atoms with E-state index in [2.05, 4.69) is 0 Å². The molecule has 5 heterocycles. The van der Waals surface area contributed by atoms with Gasteiger partial charge >= 0.3 is 35.8 Å². The first-order chi connectivity index (χ1) is 46.2. The van der Waals surface area contributed by atoms with E-state index < -0.39 is 302 Å². The summed E-state index contributed by atoms with van der Waals surface area (Å²) in [5.74, 6) is -48.6. The monoisotopic (exact) mass is 1360 g/mol. The van der Waals surface area contributed by atoms with Crippen LogP contribution in [0.15, 0.2) is 60.4 Å². The molecule has 36 heteroatoms. The maximum atomic E-state index is 15.6. The zero-order valence-electron chi connectivity index (χ0n) is 48.2. The maximum Gasteiger partial charge on any atom is 0.342 e. The summed E-state index contributed by atoms with van der Waals surface area (Å²) < 4.78 is 47.9. The summed E-state index contributed by atoms with van der Waals surface area (Å²) in [6.07, 6.45) is -16.0. The predicted molar refractivity (Wildman–Crippen MR) is 306 cm³/mol. The van der Waals surface area contributed by atoms with Crippen LogP contribution in [0, 0.1) is 5.92 Å². The van der Waals surface area contributed by atoms with Gasteiger partial charge in [0.15, 0.2) is 117 Å². The number of benzene rings is 7. The second-order valence-corrected chi connectivity index (χ2v) is 22.7. The number of carboxylic acids is 1. The number of hydrogen-bond acceptors (Lipinski definition) is 35. The fourth-order valence-electron chi connectivity index (χ4n) is 12.8. The van der Waals surface area contributed by atoms with Gasteiger partial charge in [0, 0.05) is 63.6 Å². The van der Waals surface area contributed by atoms with Gasteiger partial charge in [0.05, 0.1) is 28.7 Å². The van der Waals surface area contributed by atoms with E-state index in [0.717, 1.165) is 18.2 Å². The minimum absolute atomic E-state index is 0.309. The zero-order valence-corrected chi connectivity index (χ0v) is 48.2. The van der Waals surface area contributed by atoms with Gasteiger partial charge in [-0.3, -0.25) is 9.59 Å². The molecule has 7 aromatic rings. The Morgan fingerprint density at radius 2 is 1.08 bits per heavy atom. The Balaban J connectivity index is 1.07. The summed E-state index contributed by atoms with van der Waals surface area (Å²) in [4.78, 5) is 104. The number of rotatable bonds is 7. The van der Waals surface area contributed by atoms with E-state index >= 15 is 24.0 Å². The molecule has 1 spiro atoms. The van der Waals surface area contributed by atoms with Crippen LogP contribution in [0.25, 0.3) is 16.7 Å². The first-order valence-electron chi connectivity index (χ1n) is 27.9. The quantitative estimate of drug-likeness (QED) is 0.0619. The Hall–Kier alpha value is -13.7. The van der Waals surface area contributed by atoms with Crippen LogP contribution in [0.3, 0.4) is 0 Å². The molecule has 0 aromatic heterocycles. The smallest absolute Gasteiger partial charge is 0.342 e. The molecular weight excluding hydrogens is 1320 g/mol. The molecular formula is C62H42O36. The first-order valence-corrected chi connectivity index (χ1v) is 27.9.